The molecule has 0 aromatic heterocycles. The summed E-state index contributed by atoms with van der Waals surface area (Å²) in [6.45, 7) is 4.78. The number of urea groups is 1. The molecule has 4 amide bonds. The van der Waals surface area contributed by atoms with Gasteiger partial charge in [0.05, 0.1) is 12.7 Å². The minimum atomic E-state index is -1.21. The molecule has 0 saturated heterocycles. The van der Waals surface area contributed by atoms with Gasteiger partial charge in [0.1, 0.15) is 11.8 Å². The predicted molar refractivity (Wildman–Crippen MR) is 97.2 cm³/mol. The van der Waals surface area contributed by atoms with Crippen molar-refractivity contribution >= 4 is 23.8 Å². The summed E-state index contributed by atoms with van der Waals surface area (Å²) in [7, 11) is 2.79. The van der Waals surface area contributed by atoms with Gasteiger partial charge in [-0.15, -0.1) is 0 Å². The Labute approximate surface area is 157 Å². The Bertz CT molecular complexity index is 704. The Balaban J connectivity index is 2.83. The van der Waals surface area contributed by atoms with E-state index in [4.69, 9.17) is 9.47 Å². The minimum absolute atomic E-state index is 0.267. The number of carbonyl (C=O) groups excluding carboxylic acids is 4. The molecular weight excluding hydrogens is 354 g/mol. The number of benzene rings is 1. The number of amides is 4. The molecule has 1 aromatic carbocycles. The quantitative estimate of drug-likeness (QED) is 0.603. The smallest absolute Gasteiger partial charge is 0.329 e. The van der Waals surface area contributed by atoms with Gasteiger partial charge in [-0.2, -0.15) is 0 Å². The Morgan fingerprint density at radius 3 is 2.22 bits per heavy atom. The zero-order chi connectivity index (χ0) is 20.6. The molecule has 1 rings (SSSR count). The number of nitrogens with one attached hydrogen (secondary N) is 3. The molecule has 0 spiro atoms. The Morgan fingerprint density at radius 2 is 1.67 bits per heavy atom. The van der Waals surface area contributed by atoms with Gasteiger partial charge < -0.3 is 20.1 Å². The lowest BCUT2D eigenvalue weighted by Crippen LogP contribution is -2.49. The fraction of sp³-hybridized carbons (Fsp3) is 0.444. The van der Waals surface area contributed by atoms with Crippen molar-refractivity contribution in [2.45, 2.75) is 32.9 Å². The van der Waals surface area contributed by atoms with Crippen molar-refractivity contribution in [2.24, 2.45) is 5.92 Å². The first-order chi connectivity index (χ1) is 12.7. The van der Waals surface area contributed by atoms with Crippen molar-refractivity contribution in [3.05, 3.63) is 29.8 Å². The third-order valence-electron chi connectivity index (χ3n) is 3.68. The summed E-state index contributed by atoms with van der Waals surface area (Å²) in [6.07, 6.45) is -1.21. The van der Waals surface area contributed by atoms with Crippen LogP contribution in [0, 0.1) is 5.92 Å². The largest absolute Gasteiger partial charge is 0.496 e. The van der Waals surface area contributed by atoms with Gasteiger partial charge in [0.2, 0.25) is 0 Å². The highest BCUT2D eigenvalue weighted by Crippen LogP contribution is 2.18. The number of hydrogen-bond acceptors (Lipinski definition) is 6. The van der Waals surface area contributed by atoms with Gasteiger partial charge in [-0.3, -0.25) is 14.9 Å². The highest BCUT2D eigenvalue weighted by atomic mass is 16.5. The van der Waals surface area contributed by atoms with Crippen LogP contribution < -0.4 is 20.7 Å². The zero-order valence-electron chi connectivity index (χ0n) is 16.0. The number of methoxy groups -OCH3 is 1. The summed E-state index contributed by atoms with van der Waals surface area (Å²) in [4.78, 5) is 47.9. The molecule has 9 nitrogen and oxygen atoms in total. The summed E-state index contributed by atoms with van der Waals surface area (Å²) in [5.74, 6) is -2.01. The highest BCUT2D eigenvalue weighted by molar-refractivity contribution is 6.00. The normalized spacial score (nSPS) is 12.5. The molecule has 0 aliphatic carbocycles. The maximum atomic E-state index is 12.5. The summed E-state index contributed by atoms with van der Waals surface area (Å²) in [6, 6.07) is 4.88. The maximum absolute atomic E-state index is 12.5. The van der Waals surface area contributed by atoms with Gasteiger partial charge in [0.15, 0.2) is 6.10 Å². The first kappa shape index (κ1) is 21.9. The van der Waals surface area contributed by atoms with Crippen LogP contribution in [0.2, 0.25) is 0 Å². The van der Waals surface area contributed by atoms with E-state index in [9.17, 15) is 19.2 Å². The average molecular weight is 379 g/mol. The van der Waals surface area contributed by atoms with Crippen molar-refractivity contribution in [2.75, 3.05) is 14.2 Å². The summed E-state index contributed by atoms with van der Waals surface area (Å²) >= 11 is 0. The number of esters is 1. The molecule has 1 aromatic rings. The molecule has 0 radical (unpaired) electrons. The van der Waals surface area contributed by atoms with Crippen molar-refractivity contribution in [3.63, 3.8) is 0 Å². The van der Waals surface area contributed by atoms with E-state index in [1.807, 2.05) is 5.32 Å². The van der Waals surface area contributed by atoms with Gasteiger partial charge in [0, 0.05) is 7.05 Å². The van der Waals surface area contributed by atoms with E-state index in [0.717, 1.165) is 0 Å². The number of rotatable bonds is 7. The standard InChI is InChI=1S/C18H25N3O6/c1-10(2)14(17(24)27-11(3)15(22)21-18(25)19-4)20-16(23)12-8-6-7-9-13(12)26-5/h6-11,14H,1-5H3,(H,20,23)(H2,19,21,22,25)/t11-,14-/m0/s1. The molecular formula is C18H25N3O6. The summed E-state index contributed by atoms with van der Waals surface area (Å²) < 4.78 is 10.2. The monoisotopic (exact) mass is 379 g/mol. The third-order valence-corrected chi connectivity index (χ3v) is 3.68. The van der Waals surface area contributed by atoms with Crippen LogP contribution in [-0.2, 0) is 14.3 Å². The van der Waals surface area contributed by atoms with Crippen LogP contribution >= 0.6 is 0 Å². The second-order valence-corrected chi connectivity index (χ2v) is 6.04. The van der Waals surface area contributed by atoms with Gasteiger partial charge in [-0.05, 0) is 25.0 Å². The zero-order valence-corrected chi connectivity index (χ0v) is 16.0. The fourth-order valence-corrected chi connectivity index (χ4v) is 2.13. The average Bonchev–Trinajstić information content (AvgIpc) is 2.64. The molecule has 0 aliphatic rings. The van der Waals surface area contributed by atoms with E-state index in [2.05, 4.69) is 10.6 Å². The Kier molecular flexibility index (Phi) is 8.25. The molecule has 27 heavy (non-hydrogen) atoms. The second kappa shape index (κ2) is 10.1. The number of hydrogen-bond donors (Lipinski definition) is 3. The Morgan fingerprint density at radius 1 is 1.04 bits per heavy atom. The van der Waals surface area contributed by atoms with E-state index < -0.39 is 36.0 Å². The number of para-hydroxylation sites is 1. The van der Waals surface area contributed by atoms with E-state index >= 15 is 0 Å². The number of carbonyl (C=O) groups is 4. The van der Waals surface area contributed by atoms with Crippen molar-refractivity contribution < 1.29 is 28.7 Å². The van der Waals surface area contributed by atoms with Crippen molar-refractivity contribution in [3.8, 4) is 5.75 Å². The van der Waals surface area contributed by atoms with E-state index in [1.54, 1.807) is 38.1 Å². The lowest BCUT2D eigenvalue weighted by Gasteiger charge is -2.23. The number of imide groups is 1. The third kappa shape index (κ3) is 6.28. The van der Waals surface area contributed by atoms with Gasteiger partial charge in [-0.25, -0.2) is 9.59 Å². The Hall–Kier alpha value is -3.10. The molecule has 3 N–H and O–H groups in total. The fourth-order valence-electron chi connectivity index (χ4n) is 2.13. The molecule has 2 atom stereocenters. The second-order valence-electron chi connectivity index (χ2n) is 6.04. The molecule has 0 saturated carbocycles. The first-order valence-electron chi connectivity index (χ1n) is 8.38. The van der Waals surface area contributed by atoms with Crippen LogP contribution in [0.5, 0.6) is 5.75 Å². The molecule has 0 heterocycles. The molecule has 148 valence electrons. The van der Waals surface area contributed by atoms with E-state index in [0.29, 0.717) is 5.75 Å². The van der Waals surface area contributed by atoms with E-state index in [-0.39, 0.29) is 11.5 Å². The summed E-state index contributed by atoms with van der Waals surface area (Å²) in [5.41, 5.74) is 0.267. The van der Waals surface area contributed by atoms with Crippen LogP contribution in [-0.4, -0.2) is 50.1 Å². The maximum Gasteiger partial charge on any atom is 0.329 e. The SMILES string of the molecule is CNC(=O)NC(=O)[C@H](C)OC(=O)[C@@H](NC(=O)c1ccccc1OC)C(C)C. The first-order valence-corrected chi connectivity index (χ1v) is 8.38. The molecule has 0 unspecified atom stereocenters. The summed E-state index contributed by atoms with van der Waals surface area (Å²) in [5, 5.41) is 6.83. The molecule has 9 heteroatoms. The van der Waals surface area contributed by atoms with Crippen LogP contribution in [0.25, 0.3) is 0 Å². The molecule has 0 aliphatic heterocycles. The van der Waals surface area contributed by atoms with Crippen LogP contribution in [0.4, 0.5) is 4.79 Å². The topological polar surface area (TPSA) is 123 Å². The van der Waals surface area contributed by atoms with Crippen LogP contribution in [0.3, 0.4) is 0 Å². The highest BCUT2D eigenvalue weighted by Gasteiger charge is 2.30. The molecule has 0 bridgehead atoms. The molecule has 0 fully saturated rings. The lowest BCUT2D eigenvalue weighted by atomic mass is 10.0. The number of ether oxygens (including phenoxy) is 2. The van der Waals surface area contributed by atoms with Gasteiger partial charge >= 0.3 is 12.0 Å². The van der Waals surface area contributed by atoms with Crippen molar-refractivity contribution in [1.29, 1.82) is 0 Å². The van der Waals surface area contributed by atoms with Crippen molar-refractivity contribution in [1.82, 2.24) is 16.0 Å². The lowest BCUT2D eigenvalue weighted by molar-refractivity contribution is -0.157. The van der Waals surface area contributed by atoms with E-state index in [1.165, 1.54) is 21.1 Å². The van der Waals surface area contributed by atoms with Gasteiger partial charge in [-0.1, -0.05) is 26.0 Å². The van der Waals surface area contributed by atoms with Gasteiger partial charge in [0.25, 0.3) is 11.8 Å². The minimum Gasteiger partial charge on any atom is -0.496 e. The predicted octanol–water partition coefficient (Wildman–Crippen LogP) is 0.837. The van der Waals surface area contributed by atoms with Crippen LogP contribution in [0.15, 0.2) is 24.3 Å². The van der Waals surface area contributed by atoms with Crippen LogP contribution in [0.1, 0.15) is 31.1 Å².